The van der Waals surface area contributed by atoms with E-state index in [1.807, 2.05) is 44.2 Å². The number of hydrogen-bond acceptors (Lipinski definition) is 6. The zero-order chi connectivity index (χ0) is 23.1. The molecular weight excluding hydrogens is 430 g/mol. The van der Waals surface area contributed by atoms with Crippen molar-refractivity contribution in [2.75, 3.05) is 24.7 Å². The first-order valence-electron chi connectivity index (χ1n) is 10.7. The number of benzene rings is 2. The lowest BCUT2D eigenvalue weighted by Crippen LogP contribution is -2.45. The second kappa shape index (κ2) is 10.6. The molecule has 0 bridgehead atoms. The van der Waals surface area contributed by atoms with Crippen LogP contribution in [0.5, 0.6) is 5.75 Å². The Morgan fingerprint density at radius 2 is 1.75 bits per heavy atom. The molecule has 0 N–H and O–H groups in total. The minimum atomic E-state index is -3.13. The molecule has 3 rings (SSSR count). The van der Waals surface area contributed by atoms with Crippen molar-refractivity contribution in [3.8, 4) is 5.75 Å². The highest BCUT2D eigenvalue weighted by Gasteiger charge is 2.35. The largest absolute Gasteiger partial charge is 0.489 e. The van der Waals surface area contributed by atoms with Gasteiger partial charge in [0, 0.05) is 18.2 Å². The number of para-hydroxylation sites is 1. The molecule has 1 unspecified atom stereocenters. The van der Waals surface area contributed by atoms with E-state index in [-0.39, 0.29) is 36.0 Å². The molecule has 2 aromatic carbocycles. The molecule has 0 saturated carbocycles. The highest BCUT2D eigenvalue weighted by Crippen LogP contribution is 2.20. The van der Waals surface area contributed by atoms with Crippen molar-refractivity contribution in [2.24, 2.45) is 5.92 Å². The molecule has 32 heavy (non-hydrogen) atoms. The number of nitrogens with zero attached hydrogens (tertiary/aromatic N) is 1. The van der Waals surface area contributed by atoms with E-state index < -0.39 is 22.4 Å². The standard InChI is InChI=1S/C24H29NO6S/c1-18(2)14-25(20-12-13-32(28,29)17-20)23(26)16-31-24(27)22-11-7-6-8-19(22)15-30-21-9-4-3-5-10-21/h3-11,18,20H,12-17H2,1-2H3. The van der Waals surface area contributed by atoms with Crippen LogP contribution in [0.3, 0.4) is 0 Å². The van der Waals surface area contributed by atoms with Crippen LogP contribution in [0.2, 0.25) is 0 Å². The topological polar surface area (TPSA) is 90.0 Å². The Labute approximate surface area is 189 Å². The quantitative estimate of drug-likeness (QED) is 0.536. The van der Waals surface area contributed by atoms with Gasteiger partial charge in [0.15, 0.2) is 16.4 Å². The smallest absolute Gasteiger partial charge is 0.339 e. The summed E-state index contributed by atoms with van der Waals surface area (Å²) < 4.78 is 34.8. The first kappa shape index (κ1) is 23.8. The maximum atomic E-state index is 12.8. The molecule has 2 aromatic rings. The second-order valence-corrected chi connectivity index (χ2v) is 10.6. The van der Waals surface area contributed by atoms with Crippen LogP contribution in [0.15, 0.2) is 54.6 Å². The predicted octanol–water partition coefficient (Wildman–Crippen LogP) is 3.09. The molecular formula is C24H29NO6S. The molecule has 8 heteroatoms. The Morgan fingerprint density at radius 3 is 2.41 bits per heavy atom. The Hall–Kier alpha value is -2.87. The van der Waals surface area contributed by atoms with Crippen LogP contribution >= 0.6 is 0 Å². The lowest BCUT2D eigenvalue weighted by molar-refractivity contribution is -0.137. The number of esters is 1. The van der Waals surface area contributed by atoms with E-state index in [4.69, 9.17) is 9.47 Å². The van der Waals surface area contributed by atoms with Crippen LogP contribution in [0, 0.1) is 5.92 Å². The highest BCUT2D eigenvalue weighted by atomic mass is 32.2. The molecule has 0 spiro atoms. The average Bonchev–Trinajstić information content (AvgIpc) is 3.14. The van der Waals surface area contributed by atoms with E-state index in [1.165, 1.54) is 0 Å². The molecule has 1 fully saturated rings. The van der Waals surface area contributed by atoms with E-state index in [1.54, 1.807) is 29.2 Å². The van der Waals surface area contributed by atoms with E-state index in [2.05, 4.69) is 0 Å². The number of carbonyl (C=O) groups is 2. The summed E-state index contributed by atoms with van der Waals surface area (Å²) in [5.41, 5.74) is 0.977. The fourth-order valence-corrected chi connectivity index (χ4v) is 5.41. The second-order valence-electron chi connectivity index (χ2n) is 8.33. The normalized spacial score (nSPS) is 17.2. The zero-order valence-electron chi connectivity index (χ0n) is 18.4. The van der Waals surface area contributed by atoms with E-state index in [9.17, 15) is 18.0 Å². The van der Waals surface area contributed by atoms with Gasteiger partial charge in [-0.25, -0.2) is 13.2 Å². The highest BCUT2D eigenvalue weighted by molar-refractivity contribution is 7.91. The summed E-state index contributed by atoms with van der Waals surface area (Å²) in [4.78, 5) is 27.1. The number of rotatable bonds is 9. The van der Waals surface area contributed by atoms with Crippen LogP contribution in [0.1, 0.15) is 36.2 Å². The van der Waals surface area contributed by atoms with Crippen molar-refractivity contribution < 1.29 is 27.5 Å². The maximum absolute atomic E-state index is 12.8. The van der Waals surface area contributed by atoms with E-state index in [0.29, 0.717) is 29.8 Å². The number of ether oxygens (including phenoxy) is 2. The van der Waals surface area contributed by atoms with Gasteiger partial charge < -0.3 is 14.4 Å². The van der Waals surface area contributed by atoms with Crippen LogP contribution in [0.4, 0.5) is 0 Å². The van der Waals surface area contributed by atoms with Crippen molar-refractivity contribution in [1.29, 1.82) is 0 Å². The molecule has 1 atom stereocenters. The lowest BCUT2D eigenvalue weighted by atomic mass is 10.1. The average molecular weight is 460 g/mol. The van der Waals surface area contributed by atoms with Gasteiger partial charge in [0.05, 0.1) is 17.1 Å². The van der Waals surface area contributed by atoms with Crippen LogP contribution in [-0.2, 0) is 26.0 Å². The van der Waals surface area contributed by atoms with Crippen molar-refractivity contribution in [3.63, 3.8) is 0 Å². The number of amides is 1. The van der Waals surface area contributed by atoms with Gasteiger partial charge in [-0.15, -0.1) is 0 Å². The predicted molar refractivity (Wildman–Crippen MR) is 121 cm³/mol. The molecule has 0 aromatic heterocycles. The van der Waals surface area contributed by atoms with Crippen molar-refractivity contribution >= 4 is 21.7 Å². The minimum Gasteiger partial charge on any atom is -0.489 e. The summed E-state index contributed by atoms with van der Waals surface area (Å²) in [6, 6.07) is 15.8. The van der Waals surface area contributed by atoms with Gasteiger partial charge >= 0.3 is 5.97 Å². The summed E-state index contributed by atoms with van der Waals surface area (Å²) in [5, 5.41) is 0. The summed E-state index contributed by atoms with van der Waals surface area (Å²) in [5.74, 6) is -0.121. The summed E-state index contributed by atoms with van der Waals surface area (Å²) in [6.07, 6.45) is 0.411. The Balaban J connectivity index is 1.63. The Kier molecular flexibility index (Phi) is 7.90. The molecule has 0 aliphatic carbocycles. The van der Waals surface area contributed by atoms with Gasteiger partial charge in [-0.1, -0.05) is 50.2 Å². The summed E-state index contributed by atoms with van der Waals surface area (Å²) in [6.45, 7) is 4.08. The molecule has 7 nitrogen and oxygen atoms in total. The van der Waals surface area contributed by atoms with Crippen LogP contribution < -0.4 is 4.74 Å². The molecule has 172 valence electrons. The molecule has 1 heterocycles. The van der Waals surface area contributed by atoms with E-state index >= 15 is 0 Å². The third-order valence-corrected chi connectivity index (χ3v) is 6.98. The fourth-order valence-electron chi connectivity index (χ4n) is 3.68. The Morgan fingerprint density at radius 1 is 1.06 bits per heavy atom. The van der Waals surface area contributed by atoms with Crippen LogP contribution in [0.25, 0.3) is 0 Å². The molecule has 1 aliphatic rings. The van der Waals surface area contributed by atoms with Gasteiger partial charge in [-0.05, 0) is 30.5 Å². The fraction of sp³-hybridized carbons (Fsp3) is 0.417. The SMILES string of the molecule is CC(C)CN(C(=O)COC(=O)c1ccccc1COc1ccccc1)C1CCS(=O)(=O)C1. The number of hydrogen-bond donors (Lipinski definition) is 0. The van der Waals surface area contributed by atoms with Gasteiger partial charge in [0.2, 0.25) is 0 Å². The zero-order valence-corrected chi connectivity index (χ0v) is 19.2. The molecule has 1 saturated heterocycles. The summed E-state index contributed by atoms with van der Waals surface area (Å²) in [7, 11) is -3.13. The van der Waals surface area contributed by atoms with Gasteiger partial charge in [-0.2, -0.15) is 0 Å². The monoisotopic (exact) mass is 459 g/mol. The Bertz CT molecular complexity index is 1040. The molecule has 0 radical (unpaired) electrons. The first-order valence-corrected chi connectivity index (χ1v) is 12.5. The third-order valence-electron chi connectivity index (χ3n) is 5.23. The minimum absolute atomic E-state index is 0.0426. The molecule has 1 amide bonds. The van der Waals surface area contributed by atoms with Crippen molar-refractivity contribution in [1.82, 2.24) is 4.90 Å². The first-order chi connectivity index (χ1) is 15.2. The van der Waals surface area contributed by atoms with Crippen molar-refractivity contribution in [3.05, 3.63) is 65.7 Å². The third kappa shape index (κ3) is 6.56. The van der Waals surface area contributed by atoms with Gasteiger partial charge in [0.25, 0.3) is 5.91 Å². The maximum Gasteiger partial charge on any atom is 0.339 e. The number of carbonyl (C=O) groups excluding carboxylic acids is 2. The van der Waals surface area contributed by atoms with Gasteiger partial charge in [0.1, 0.15) is 12.4 Å². The molecule has 1 aliphatic heterocycles. The van der Waals surface area contributed by atoms with E-state index in [0.717, 1.165) is 0 Å². The number of sulfone groups is 1. The summed E-state index contributed by atoms with van der Waals surface area (Å²) >= 11 is 0. The van der Waals surface area contributed by atoms with Gasteiger partial charge in [-0.3, -0.25) is 4.79 Å². The van der Waals surface area contributed by atoms with Crippen molar-refractivity contribution in [2.45, 2.75) is 32.9 Å². The van der Waals surface area contributed by atoms with Crippen LogP contribution in [-0.4, -0.2) is 55.9 Å². The lowest BCUT2D eigenvalue weighted by Gasteiger charge is -2.29.